The van der Waals surface area contributed by atoms with Crippen molar-refractivity contribution in [1.82, 2.24) is 5.32 Å². The summed E-state index contributed by atoms with van der Waals surface area (Å²) >= 11 is 0. The summed E-state index contributed by atoms with van der Waals surface area (Å²) in [5, 5.41) is 2.98. The van der Waals surface area contributed by atoms with Gasteiger partial charge in [0.05, 0.1) is 5.41 Å². The molecule has 1 amide bonds. The third-order valence-electron chi connectivity index (χ3n) is 4.10. The van der Waals surface area contributed by atoms with E-state index in [0.717, 1.165) is 38.5 Å². The van der Waals surface area contributed by atoms with E-state index in [1.165, 1.54) is 6.07 Å². The number of hydrogen-bond donors (Lipinski definition) is 1. The Morgan fingerprint density at radius 3 is 2.63 bits per heavy atom. The molecule has 1 aromatic carbocycles. The molecule has 19 heavy (non-hydrogen) atoms. The lowest BCUT2D eigenvalue weighted by atomic mass is 9.63. The van der Waals surface area contributed by atoms with Crippen LogP contribution in [-0.2, 0) is 10.2 Å². The van der Waals surface area contributed by atoms with Gasteiger partial charge in [0.15, 0.2) is 0 Å². The maximum Gasteiger partial charge on any atom is 0.230 e. The summed E-state index contributed by atoms with van der Waals surface area (Å²) in [5.41, 5.74) is -0.0494. The average molecular weight is 263 g/mol. The zero-order valence-corrected chi connectivity index (χ0v) is 11.5. The number of unbranched alkanes of at least 4 members (excludes halogenated alkanes) is 2. The van der Waals surface area contributed by atoms with Gasteiger partial charge in [-0.25, -0.2) is 4.39 Å². The van der Waals surface area contributed by atoms with E-state index in [-0.39, 0.29) is 11.7 Å². The molecule has 0 aromatic heterocycles. The first-order valence-electron chi connectivity index (χ1n) is 7.24. The molecule has 1 N–H and O–H groups in total. The van der Waals surface area contributed by atoms with E-state index >= 15 is 0 Å². The van der Waals surface area contributed by atoms with Gasteiger partial charge in [-0.15, -0.1) is 0 Å². The van der Waals surface area contributed by atoms with Crippen LogP contribution in [0.25, 0.3) is 0 Å². The molecule has 0 heterocycles. The van der Waals surface area contributed by atoms with Gasteiger partial charge in [-0.05, 0) is 25.3 Å². The van der Waals surface area contributed by atoms with Crippen LogP contribution in [0.4, 0.5) is 4.39 Å². The second-order valence-electron chi connectivity index (χ2n) is 5.38. The number of carbonyl (C=O) groups excluding carboxylic acids is 1. The van der Waals surface area contributed by atoms with Crippen molar-refractivity contribution in [1.29, 1.82) is 0 Å². The molecule has 1 saturated carbocycles. The van der Waals surface area contributed by atoms with Gasteiger partial charge in [0.2, 0.25) is 5.91 Å². The molecule has 0 radical (unpaired) electrons. The minimum atomic E-state index is -0.614. The van der Waals surface area contributed by atoms with Crippen LogP contribution in [0.3, 0.4) is 0 Å². The van der Waals surface area contributed by atoms with E-state index in [1.807, 2.05) is 6.07 Å². The van der Waals surface area contributed by atoms with Crippen molar-refractivity contribution in [3.63, 3.8) is 0 Å². The maximum atomic E-state index is 13.9. The first kappa shape index (κ1) is 14.0. The monoisotopic (exact) mass is 263 g/mol. The Labute approximate surface area is 114 Å². The van der Waals surface area contributed by atoms with Crippen LogP contribution < -0.4 is 5.32 Å². The van der Waals surface area contributed by atoms with Crippen molar-refractivity contribution in [2.24, 2.45) is 0 Å². The van der Waals surface area contributed by atoms with Gasteiger partial charge in [0.25, 0.3) is 0 Å². The Morgan fingerprint density at radius 1 is 1.32 bits per heavy atom. The molecule has 0 bridgehead atoms. The number of nitrogens with one attached hydrogen (secondary N) is 1. The summed E-state index contributed by atoms with van der Waals surface area (Å²) in [6.07, 6.45) is 5.76. The molecule has 1 aliphatic carbocycles. The van der Waals surface area contributed by atoms with E-state index < -0.39 is 5.41 Å². The number of rotatable bonds is 6. The minimum absolute atomic E-state index is 0.0000435. The zero-order valence-electron chi connectivity index (χ0n) is 11.5. The van der Waals surface area contributed by atoms with E-state index in [0.29, 0.717) is 12.1 Å². The van der Waals surface area contributed by atoms with Gasteiger partial charge in [-0.2, -0.15) is 0 Å². The fraction of sp³-hybridized carbons (Fsp3) is 0.562. The topological polar surface area (TPSA) is 29.1 Å². The molecule has 0 saturated heterocycles. The highest BCUT2D eigenvalue weighted by Crippen LogP contribution is 2.44. The van der Waals surface area contributed by atoms with Gasteiger partial charge < -0.3 is 5.32 Å². The molecular weight excluding hydrogens is 241 g/mol. The Balaban J connectivity index is 2.06. The van der Waals surface area contributed by atoms with Crippen LogP contribution in [0.15, 0.2) is 24.3 Å². The first-order chi connectivity index (χ1) is 9.20. The summed E-state index contributed by atoms with van der Waals surface area (Å²) in [6.45, 7) is 2.83. The molecule has 1 aromatic rings. The predicted octanol–water partition coefficient (Wildman–Crippen LogP) is 3.55. The molecule has 3 heteroatoms. The number of halogens is 1. The van der Waals surface area contributed by atoms with Crippen molar-refractivity contribution in [2.45, 2.75) is 50.9 Å². The second kappa shape index (κ2) is 6.18. The molecular formula is C16H22FNO. The van der Waals surface area contributed by atoms with Crippen molar-refractivity contribution in [3.05, 3.63) is 35.6 Å². The normalized spacial score (nSPS) is 16.7. The SMILES string of the molecule is CCCCCNC(=O)C1(c2ccccc2F)CCC1. The average Bonchev–Trinajstić information content (AvgIpc) is 2.36. The van der Waals surface area contributed by atoms with Crippen LogP contribution in [0.2, 0.25) is 0 Å². The smallest absolute Gasteiger partial charge is 0.230 e. The van der Waals surface area contributed by atoms with Gasteiger partial charge in [0.1, 0.15) is 5.82 Å². The van der Waals surface area contributed by atoms with Gasteiger partial charge in [-0.1, -0.05) is 44.4 Å². The van der Waals surface area contributed by atoms with E-state index in [1.54, 1.807) is 12.1 Å². The van der Waals surface area contributed by atoms with Gasteiger partial charge in [-0.3, -0.25) is 4.79 Å². The fourth-order valence-electron chi connectivity index (χ4n) is 2.74. The third kappa shape index (κ3) is 2.80. The number of carbonyl (C=O) groups is 1. The largest absolute Gasteiger partial charge is 0.355 e. The van der Waals surface area contributed by atoms with Crippen molar-refractivity contribution >= 4 is 5.91 Å². The molecule has 2 rings (SSSR count). The lowest BCUT2D eigenvalue weighted by Gasteiger charge is -2.40. The second-order valence-corrected chi connectivity index (χ2v) is 5.38. The van der Waals surface area contributed by atoms with E-state index in [4.69, 9.17) is 0 Å². The van der Waals surface area contributed by atoms with Gasteiger partial charge >= 0.3 is 0 Å². The van der Waals surface area contributed by atoms with Crippen LogP contribution in [0.1, 0.15) is 51.0 Å². The summed E-state index contributed by atoms with van der Waals surface area (Å²) in [4.78, 5) is 12.4. The summed E-state index contributed by atoms with van der Waals surface area (Å²) in [5.74, 6) is -0.258. The lowest BCUT2D eigenvalue weighted by Crippen LogP contribution is -2.49. The highest BCUT2D eigenvalue weighted by Gasteiger charge is 2.46. The van der Waals surface area contributed by atoms with Crippen LogP contribution in [-0.4, -0.2) is 12.5 Å². The van der Waals surface area contributed by atoms with E-state index in [2.05, 4.69) is 12.2 Å². The quantitative estimate of drug-likeness (QED) is 0.781. The van der Waals surface area contributed by atoms with Crippen molar-refractivity contribution in [2.75, 3.05) is 6.54 Å². The fourth-order valence-corrected chi connectivity index (χ4v) is 2.74. The number of benzene rings is 1. The molecule has 1 fully saturated rings. The predicted molar refractivity (Wildman–Crippen MR) is 74.5 cm³/mol. The molecule has 2 nitrogen and oxygen atoms in total. The summed E-state index contributed by atoms with van der Waals surface area (Å²) in [7, 11) is 0. The summed E-state index contributed by atoms with van der Waals surface area (Å²) < 4.78 is 13.9. The summed E-state index contributed by atoms with van der Waals surface area (Å²) in [6, 6.07) is 6.67. The Hall–Kier alpha value is -1.38. The Kier molecular flexibility index (Phi) is 4.56. The van der Waals surface area contributed by atoms with Crippen LogP contribution >= 0.6 is 0 Å². The third-order valence-corrected chi connectivity index (χ3v) is 4.10. The highest BCUT2D eigenvalue weighted by molar-refractivity contribution is 5.89. The molecule has 1 aliphatic rings. The van der Waals surface area contributed by atoms with Crippen molar-refractivity contribution < 1.29 is 9.18 Å². The molecule has 0 spiro atoms. The number of amides is 1. The number of hydrogen-bond acceptors (Lipinski definition) is 1. The molecule has 0 aliphatic heterocycles. The molecule has 104 valence electrons. The minimum Gasteiger partial charge on any atom is -0.355 e. The van der Waals surface area contributed by atoms with Gasteiger partial charge in [0, 0.05) is 12.1 Å². The zero-order chi connectivity index (χ0) is 13.7. The first-order valence-corrected chi connectivity index (χ1v) is 7.24. The van der Waals surface area contributed by atoms with E-state index in [9.17, 15) is 9.18 Å². The maximum absolute atomic E-state index is 13.9. The lowest BCUT2D eigenvalue weighted by molar-refractivity contribution is -0.130. The standard InChI is InChI=1S/C16H22FNO/c1-2-3-6-12-18-15(19)16(10-7-11-16)13-8-4-5-9-14(13)17/h4-5,8-9H,2-3,6-7,10-12H2,1H3,(H,18,19). The Bertz CT molecular complexity index is 440. The van der Waals surface area contributed by atoms with Crippen LogP contribution in [0.5, 0.6) is 0 Å². The molecule has 0 unspecified atom stereocenters. The van der Waals surface area contributed by atoms with Crippen molar-refractivity contribution in [3.8, 4) is 0 Å². The molecule has 0 atom stereocenters. The highest BCUT2D eigenvalue weighted by atomic mass is 19.1. The Morgan fingerprint density at radius 2 is 2.05 bits per heavy atom. The van der Waals surface area contributed by atoms with Crippen LogP contribution in [0, 0.1) is 5.82 Å².